The smallest absolute Gasteiger partial charge is 0.226 e. The monoisotopic (exact) mass is 564 g/mol. The van der Waals surface area contributed by atoms with Gasteiger partial charge in [0.05, 0.1) is 17.4 Å². The fourth-order valence-electron chi connectivity index (χ4n) is 4.23. The first-order valence-electron chi connectivity index (χ1n) is 11.4. The Bertz CT molecular complexity index is 1380. The molecule has 0 spiro atoms. The summed E-state index contributed by atoms with van der Waals surface area (Å²) in [5.41, 5.74) is 1.91. The highest BCUT2D eigenvalue weighted by atomic mass is 79.9. The largest absolute Gasteiger partial charge is 0.459 e. The minimum absolute atomic E-state index is 0.113. The van der Waals surface area contributed by atoms with Crippen molar-refractivity contribution in [3.63, 3.8) is 0 Å². The van der Waals surface area contributed by atoms with Crippen LogP contribution in [-0.4, -0.2) is 27.4 Å². The van der Waals surface area contributed by atoms with Gasteiger partial charge in [-0.05, 0) is 60.7 Å². The molecule has 0 bridgehead atoms. The van der Waals surface area contributed by atoms with Gasteiger partial charge in [-0.3, -0.25) is 9.78 Å². The third kappa shape index (κ3) is 5.17. The van der Waals surface area contributed by atoms with E-state index in [0.717, 1.165) is 21.5 Å². The highest BCUT2D eigenvalue weighted by Gasteiger charge is 2.41. The number of nitrogens with zero attached hydrogens (tertiary/aromatic N) is 2. The van der Waals surface area contributed by atoms with E-state index in [9.17, 15) is 9.18 Å². The van der Waals surface area contributed by atoms with Crippen LogP contribution in [0.25, 0.3) is 11.3 Å². The van der Waals surface area contributed by atoms with Crippen molar-refractivity contribution in [2.75, 3.05) is 11.9 Å². The number of pyridine rings is 1. The molecule has 5 rings (SSSR count). The lowest BCUT2D eigenvalue weighted by Gasteiger charge is -2.25. The third-order valence-corrected chi connectivity index (χ3v) is 6.85. The van der Waals surface area contributed by atoms with Gasteiger partial charge >= 0.3 is 0 Å². The summed E-state index contributed by atoms with van der Waals surface area (Å²) in [5, 5.41) is 6.47. The van der Waals surface area contributed by atoms with E-state index >= 15 is 0 Å². The first kappa shape index (κ1) is 24.1. The molecule has 0 radical (unpaired) electrons. The van der Waals surface area contributed by atoms with Crippen LogP contribution in [-0.2, 0) is 4.79 Å². The summed E-state index contributed by atoms with van der Waals surface area (Å²) in [4.78, 5) is 19.1. The molecule has 1 aliphatic rings. The number of amides is 1. The summed E-state index contributed by atoms with van der Waals surface area (Å²) in [6, 6.07) is 22.9. The summed E-state index contributed by atoms with van der Waals surface area (Å²) in [5.74, 6) is 0.643. The van der Waals surface area contributed by atoms with E-state index in [2.05, 4.69) is 31.5 Å². The Hall–Kier alpha value is -3.56. The number of aromatic nitrogens is 1. The lowest BCUT2D eigenvalue weighted by atomic mass is 10.0. The first-order chi connectivity index (χ1) is 17.5. The average molecular weight is 565 g/mol. The molecule has 2 atom stereocenters. The molecule has 182 valence electrons. The highest BCUT2D eigenvalue weighted by molar-refractivity contribution is 9.10. The summed E-state index contributed by atoms with van der Waals surface area (Å²) < 4.78 is 21.3. The van der Waals surface area contributed by atoms with Crippen molar-refractivity contribution in [2.45, 2.75) is 18.5 Å². The Labute approximate surface area is 221 Å². The minimum Gasteiger partial charge on any atom is -0.459 e. The van der Waals surface area contributed by atoms with Gasteiger partial charge in [-0.2, -0.15) is 0 Å². The zero-order chi connectivity index (χ0) is 25.1. The number of carbonyl (C=O) groups is 1. The number of hydrogen-bond acceptors (Lipinski definition) is 4. The standard InChI is InChI=1S/C27H22BrFN4O2S/c28-18-10-8-17(9-11-18)22-12-13-23(35-22)26-25(21-7-3-4-15-30-21)32-27(36)33(26)16-14-24(34)31-20-6-2-1-5-19(20)29/h1-13,15,25-26H,14,16H2,(H,31,34)(H,32,36)/t25-,26+/m1/s1. The zero-order valence-electron chi connectivity index (χ0n) is 19.0. The number of anilines is 1. The summed E-state index contributed by atoms with van der Waals surface area (Å²) in [6.45, 7) is 0.314. The number of halogens is 2. The quantitative estimate of drug-likeness (QED) is 0.259. The normalized spacial score (nSPS) is 17.2. The molecule has 2 N–H and O–H groups in total. The molecule has 3 heterocycles. The molecule has 0 saturated carbocycles. The second-order valence-corrected chi connectivity index (χ2v) is 9.61. The van der Waals surface area contributed by atoms with Crippen molar-refractivity contribution in [3.8, 4) is 11.3 Å². The maximum absolute atomic E-state index is 14.0. The Kier molecular flexibility index (Phi) is 7.11. The summed E-state index contributed by atoms with van der Waals surface area (Å²) in [7, 11) is 0. The molecule has 1 saturated heterocycles. The molecular formula is C27H22BrFN4O2S. The maximum atomic E-state index is 14.0. The highest BCUT2D eigenvalue weighted by Crippen LogP contribution is 2.40. The fraction of sp³-hybridized carbons (Fsp3) is 0.148. The number of para-hydroxylation sites is 1. The van der Waals surface area contributed by atoms with E-state index in [4.69, 9.17) is 16.6 Å². The van der Waals surface area contributed by atoms with Gasteiger partial charge in [0.25, 0.3) is 0 Å². The van der Waals surface area contributed by atoms with Crippen molar-refractivity contribution in [1.29, 1.82) is 0 Å². The third-order valence-electron chi connectivity index (χ3n) is 5.97. The minimum atomic E-state index is -0.478. The van der Waals surface area contributed by atoms with Gasteiger partial charge in [0.15, 0.2) is 5.11 Å². The van der Waals surface area contributed by atoms with Gasteiger partial charge in [0.1, 0.15) is 23.4 Å². The van der Waals surface area contributed by atoms with Crippen LogP contribution in [0.2, 0.25) is 0 Å². The Morgan fingerprint density at radius 1 is 1.08 bits per heavy atom. The van der Waals surface area contributed by atoms with Crippen molar-refractivity contribution in [3.05, 3.63) is 107 Å². The van der Waals surface area contributed by atoms with Crippen molar-refractivity contribution >= 4 is 44.9 Å². The fourth-order valence-corrected chi connectivity index (χ4v) is 4.83. The van der Waals surface area contributed by atoms with Crippen LogP contribution in [0.15, 0.2) is 93.9 Å². The second kappa shape index (κ2) is 10.6. The molecule has 4 aromatic rings. The molecule has 0 unspecified atom stereocenters. The van der Waals surface area contributed by atoms with Gasteiger partial charge in [-0.15, -0.1) is 0 Å². The molecule has 0 aliphatic carbocycles. The Morgan fingerprint density at radius 3 is 2.61 bits per heavy atom. The molecular weight excluding hydrogens is 543 g/mol. The van der Waals surface area contributed by atoms with Crippen molar-refractivity contribution in [1.82, 2.24) is 15.2 Å². The lowest BCUT2D eigenvalue weighted by Crippen LogP contribution is -2.32. The van der Waals surface area contributed by atoms with Crippen molar-refractivity contribution in [2.24, 2.45) is 0 Å². The second-order valence-electron chi connectivity index (χ2n) is 8.31. The maximum Gasteiger partial charge on any atom is 0.226 e. The number of rotatable bonds is 7. The molecule has 1 aliphatic heterocycles. The molecule has 6 nitrogen and oxygen atoms in total. The van der Waals surface area contributed by atoms with Gasteiger partial charge in [0.2, 0.25) is 5.91 Å². The molecule has 2 aromatic carbocycles. The van der Waals surface area contributed by atoms with Crippen molar-refractivity contribution < 1.29 is 13.6 Å². The molecule has 2 aromatic heterocycles. The van der Waals surface area contributed by atoms with Crippen LogP contribution in [0, 0.1) is 5.82 Å². The molecule has 1 amide bonds. The van der Waals surface area contributed by atoms with Crippen LogP contribution >= 0.6 is 28.1 Å². The summed E-state index contributed by atoms with van der Waals surface area (Å²) in [6.07, 6.45) is 1.85. The molecule has 36 heavy (non-hydrogen) atoms. The number of benzene rings is 2. The number of nitrogens with one attached hydrogen (secondary N) is 2. The van der Waals surface area contributed by atoms with Crippen LogP contribution < -0.4 is 10.6 Å². The number of thiocarbonyl (C=S) groups is 1. The van der Waals surface area contributed by atoms with Gasteiger partial charge in [-0.1, -0.05) is 46.3 Å². The van der Waals surface area contributed by atoms with Gasteiger partial charge in [0, 0.05) is 29.2 Å². The lowest BCUT2D eigenvalue weighted by molar-refractivity contribution is -0.116. The topological polar surface area (TPSA) is 70.4 Å². The van der Waals surface area contributed by atoms with Gasteiger partial charge < -0.3 is 20.0 Å². The van der Waals surface area contributed by atoms with Crippen LogP contribution in [0.3, 0.4) is 0 Å². The van der Waals surface area contributed by atoms with Crippen LogP contribution in [0.1, 0.15) is 30.0 Å². The predicted octanol–water partition coefficient (Wildman–Crippen LogP) is 6.24. The zero-order valence-corrected chi connectivity index (χ0v) is 21.4. The van der Waals surface area contributed by atoms with E-state index in [0.29, 0.717) is 17.4 Å². The number of furan rings is 1. The van der Waals surface area contributed by atoms with Crippen LogP contribution in [0.4, 0.5) is 10.1 Å². The first-order valence-corrected chi connectivity index (χ1v) is 12.6. The number of hydrogen-bond donors (Lipinski definition) is 2. The van der Waals surface area contributed by atoms with E-state index in [1.807, 2.05) is 59.5 Å². The van der Waals surface area contributed by atoms with Gasteiger partial charge in [-0.25, -0.2) is 4.39 Å². The number of carbonyl (C=O) groups excluding carboxylic acids is 1. The average Bonchev–Trinajstić information content (AvgIpc) is 3.50. The Morgan fingerprint density at radius 2 is 1.86 bits per heavy atom. The van der Waals surface area contributed by atoms with Crippen LogP contribution in [0.5, 0.6) is 0 Å². The predicted molar refractivity (Wildman–Crippen MR) is 144 cm³/mol. The Balaban J connectivity index is 1.40. The van der Waals surface area contributed by atoms with E-state index < -0.39 is 5.82 Å². The molecule has 9 heteroatoms. The van der Waals surface area contributed by atoms with E-state index in [1.165, 1.54) is 12.1 Å². The van der Waals surface area contributed by atoms with E-state index in [1.54, 1.807) is 18.3 Å². The SMILES string of the molecule is O=C(CCN1C(=S)N[C@H](c2ccccn2)[C@@H]1c1ccc(-c2ccc(Br)cc2)o1)Nc1ccccc1F. The van der Waals surface area contributed by atoms with E-state index in [-0.39, 0.29) is 30.1 Å². The molecule has 1 fully saturated rings. The summed E-state index contributed by atoms with van der Waals surface area (Å²) >= 11 is 9.12.